The Morgan fingerprint density at radius 1 is 0.605 bits per heavy atom. The lowest BCUT2D eigenvalue weighted by molar-refractivity contribution is 0.250. The average Bonchev–Trinajstić information content (AvgIpc) is 2.98. The molecule has 0 unspecified atom stereocenters. The Morgan fingerprint density at radius 2 is 1.02 bits per heavy atom. The van der Waals surface area contributed by atoms with Crippen molar-refractivity contribution in [1.29, 1.82) is 0 Å². The van der Waals surface area contributed by atoms with Crippen LogP contribution >= 0.6 is 0 Å². The standard InChI is InChI=1S/C39H48N2O2/c1-6-7-8-9-30-18-20-39(21-19-30,31-10-14-35(26(2)22-31)42-37-16-12-33(40)24-28(37)4)32-11-15-36(27(3)23-32)43-38-17-13-34(41)25-29(38)5/h10-17,22-25,30H,6-9,18-21,40-41H2,1-5H3. The van der Waals surface area contributed by atoms with E-state index in [0.717, 1.165) is 75.4 Å². The minimum Gasteiger partial charge on any atom is -0.457 e. The second kappa shape index (κ2) is 13.2. The molecule has 4 aromatic carbocycles. The predicted octanol–water partition coefficient (Wildman–Crippen LogP) is 10.7. The Hall–Kier alpha value is -3.92. The number of benzene rings is 4. The Labute approximate surface area is 258 Å². The van der Waals surface area contributed by atoms with Gasteiger partial charge in [0.25, 0.3) is 0 Å². The molecule has 1 saturated carbocycles. The van der Waals surface area contributed by atoms with Crippen LogP contribution in [0.15, 0.2) is 72.8 Å². The smallest absolute Gasteiger partial charge is 0.130 e. The van der Waals surface area contributed by atoms with Crippen LogP contribution in [0, 0.1) is 33.6 Å². The third kappa shape index (κ3) is 6.85. The molecule has 1 aliphatic rings. The molecule has 0 heterocycles. The van der Waals surface area contributed by atoms with Gasteiger partial charge in [-0.2, -0.15) is 0 Å². The molecule has 0 aromatic heterocycles. The van der Waals surface area contributed by atoms with E-state index < -0.39 is 0 Å². The van der Waals surface area contributed by atoms with E-state index in [4.69, 9.17) is 20.9 Å². The molecule has 1 fully saturated rings. The summed E-state index contributed by atoms with van der Waals surface area (Å²) in [6.45, 7) is 10.7. The highest BCUT2D eigenvalue weighted by Crippen LogP contribution is 2.49. The van der Waals surface area contributed by atoms with Gasteiger partial charge in [0, 0.05) is 16.8 Å². The zero-order chi connectivity index (χ0) is 30.6. The highest BCUT2D eigenvalue weighted by atomic mass is 16.5. The molecular weight excluding hydrogens is 528 g/mol. The van der Waals surface area contributed by atoms with Crippen molar-refractivity contribution in [3.63, 3.8) is 0 Å². The molecule has 1 aliphatic carbocycles. The van der Waals surface area contributed by atoms with Gasteiger partial charge in [0.05, 0.1) is 0 Å². The minimum atomic E-state index is -0.0396. The summed E-state index contributed by atoms with van der Waals surface area (Å²) in [4.78, 5) is 0. The number of nitrogen functional groups attached to an aromatic ring is 2. The molecule has 0 aliphatic heterocycles. The first-order chi connectivity index (χ1) is 20.7. The highest BCUT2D eigenvalue weighted by molar-refractivity contribution is 5.53. The third-order valence-electron chi connectivity index (χ3n) is 9.47. The lowest BCUT2D eigenvalue weighted by Gasteiger charge is -2.42. The molecule has 4 nitrogen and oxygen atoms in total. The van der Waals surface area contributed by atoms with Crippen LogP contribution in [-0.2, 0) is 5.41 Å². The average molecular weight is 577 g/mol. The van der Waals surface area contributed by atoms with Crippen molar-refractivity contribution in [2.45, 2.75) is 91.4 Å². The van der Waals surface area contributed by atoms with Crippen LogP contribution in [0.2, 0.25) is 0 Å². The molecule has 0 spiro atoms. The van der Waals surface area contributed by atoms with Gasteiger partial charge in [-0.1, -0.05) is 56.9 Å². The topological polar surface area (TPSA) is 70.5 Å². The summed E-state index contributed by atoms with van der Waals surface area (Å²) in [6, 6.07) is 25.2. The van der Waals surface area contributed by atoms with Gasteiger partial charge < -0.3 is 20.9 Å². The van der Waals surface area contributed by atoms with Crippen molar-refractivity contribution in [3.05, 3.63) is 106 Å². The highest BCUT2D eigenvalue weighted by Gasteiger charge is 2.39. The van der Waals surface area contributed by atoms with Gasteiger partial charge in [-0.3, -0.25) is 0 Å². The Morgan fingerprint density at radius 3 is 1.42 bits per heavy atom. The maximum absolute atomic E-state index is 6.38. The van der Waals surface area contributed by atoms with E-state index in [-0.39, 0.29) is 5.41 Å². The maximum Gasteiger partial charge on any atom is 0.130 e. The quantitative estimate of drug-likeness (QED) is 0.145. The maximum atomic E-state index is 6.38. The summed E-state index contributed by atoms with van der Waals surface area (Å²) in [5.74, 6) is 4.27. The summed E-state index contributed by atoms with van der Waals surface area (Å²) >= 11 is 0. The van der Waals surface area contributed by atoms with Crippen molar-refractivity contribution in [2.75, 3.05) is 11.5 Å². The van der Waals surface area contributed by atoms with Crippen LogP contribution in [0.1, 0.15) is 91.7 Å². The summed E-state index contributed by atoms with van der Waals surface area (Å²) in [5, 5.41) is 0. The van der Waals surface area contributed by atoms with Gasteiger partial charge in [-0.05, 0) is 141 Å². The van der Waals surface area contributed by atoms with Gasteiger partial charge in [-0.15, -0.1) is 0 Å². The van der Waals surface area contributed by atoms with Gasteiger partial charge in [0.2, 0.25) is 0 Å². The number of unbranched alkanes of at least 4 members (excludes halogenated alkanes) is 2. The largest absolute Gasteiger partial charge is 0.457 e. The van der Waals surface area contributed by atoms with Crippen LogP contribution in [-0.4, -0.2) is 0 Å². The molecule has 43 heavy (non-hydrogen) atoms. The molecular formula is C39H48N2O2. The number of hydrogen-bond donors (Lipinski definition) is 2. The van der Waals surface area contributed by atoms with Crippen LogP contribution in [0.25, 0.3) is 0 Å². The molecule has 0 saturated heterocycles. The van der Waals surface area contributed by atoms with Crippen molar-refractivity contribution < 1.29 is 9.47 Å². The van der Waals surface area contributed by atoms with Crippen LogP contribution in [0.5, 0.6) is 23.0 Å². The second-order valence-electron chi connectivity index (χ2n) is 12.7. The molecule has 0 amide bonds. The number of ether oxygens (including phenoxy) is 2. The van der Waals surface area contributed by atoms with E-state index in [2.05, 4.69) is 57.2 Å². The van der Waals surface area contributed by atoms with E-state index in [1.807, 2.05) is 50.2 Å². The number of anilines is 2. The van der Waals surface area contributed by atoms with E-state index in [1.165, 1.54) is 49.7 Å². The molecule has 0 radical (unpaired) electrons. The van der Waals surface area contributed by atoms with E-state index >= 15 is 0 Å². The van der Waals surface area contributed by atoms with Crippen LogP contribution < -0.4 is 20.9 Å². The predicted molar refractivity (Wildman–Crippen MR) is 181 cm³/mol. The number of aryl methyl sites for hydroxylation is 4. The Balaban J connectivity index is 1.46. The van der Waals surface area contributed by atoms with Crippen LogP contribution in [0.3, 0.4) is 0 Å². The fraction of sp³-hybridized carbons (Fsp3) is 0.385. The van der Waals surface area contributed by atoms with E-state index in [1.54, 1.807) is 0 Å². The number of nitrogens with two attached hydrogens (primary N) is 2. The summed E-state index contributed by atoms with van der Waals surface area (Å²) in [5.41, 5.74) is 20.5. The van der Waals surface area contributed by atoms with Gasteiger partial charge >= 0.3 is 0 Å². The van der Waals surface area contributed by atoms with Crippen molar-refractivity contribution in [1.82, 2.24) is 0 Å². The molecule has 0 atom stereocenters. The Bertz CT molecular complexity index is 1460. The molecule has 4 heteroatoms. The molecule has 5 rings (SSSR count). The third-order valence-corrected chi connectivity index (χ3v) is 9.47. The van der Waals surface area contributed by atoms with Crippen LogP contribution in [0.4, 0.5) is 11.4 Å². The van der Waals surface area contributed by atoms with Gasteiger partial charge in [0.15, 0.2) is 0 Å². The van der Waals surface area contributed by atoms with E-state index in [9.17, 15) is 0 Å². The first-order valence-corrected chi connectivity index (χ1v) is 16.0. The summed E-state index contributed by atoms with van der Waals surface area (Å²) < 4.78 is 12.8. The number of rotatable bonds is 10. The summed E-state index contributed by atoms with van der Waals surface area (Å²) in [6.07, 6.45) is 10.1. The monoisotopic (exact) mass is 576 g/mol. The molecule has 4 N–H and O–H groups in total. The first-order valence-electron chi connectivity index (χ1n) is 16.0. The normalized spacial score (nSPS) is 14.9. The molecule has 0 bridgehead atoms. The Kier molecular flexibility index (Phi) is 9.34. The first kappa shape index (κ1) is 30.5. The fourth-order valence-electron chi connectivity index (χ4n) is 6.82. The van der Waals surface area contributed by atoms with Crippen molar-refractivity contribution in [2.24, 2.45) is 5.92 Å². The lowest BCUT2D eigenvalue weighted by atomic mass is 9.62. The second-order valence-corrected chi connectivity index (χ2v) is 12.7. The lowest BCUT2D eigenvalue weighted by Crippen LogP contribution is -2.33. The van der Waals surface area contributed by atoms with Gasteiger partial charge in [0.1, 0.15) is 23.0 Å². The van der Waals surface area contributed by atoms with Crippen molar-refractivity contribution >= 4 is 11.4 Å². The fourth-order valence-corrected chi connectivity index (χ4v) is 6.82. The molecule has 226 valence electrons. The SMILES string of the molecule is CCCCCC1CCC(c2ccc(Oc3ccc(N)cc3C)c(C)c2)(c2ccc(Oc3ccc(N)cc3C)c(C)c2)CC1. The molecule has 4 aromatic rings. The van der Waals surface area contributed by atoms with Crippen molar-refractivity contribution in [3.8, 4) is 23.0 Å². The zero-order valence-corrected chi connectivity index (χ0v) is 26.6. The number of hydrogen-bond acceptors (Lipinski definition) is 4. The summed E-state index contributed by atoms with van der Waals surface area (Å²) in [7, 11) is 0. The minimum absolute atomic E-state index is 0.0396. The zero-order valence-electron chi connectivity index (χ0n) is 26.6. The van der Waals surface area contributed by atoms with Gasteiger partial charge in [-0.25, -0.2) is 0 Å². The van der Waals surface area contributed by atoms with E-state index in [0.29, 0.717) is 0 Å².